The van der Waals surface area contributed by atoms with E-state index in [0.29, 0.717) is 21.2 Å². The van der Waals surface area contributed by atoms with Crippen molar-refractivity contribution in [3.63, 3.8) is 0 Å². The van der Waals surface area contributed by atoms with Crippen LogP contribution in [0.5, 0.6) is 11.5 Å². The van der Waals surface area contributed by atoms with Gasteiger partial charge in [-0.3, -0.25) is 9.98 Å². The van der Waals surface area contributed by atoms with Crippen molar-refractivity contribution in [3.8, 4) is 11.5 Å². The quantitative estimate of drug-likeness (QED) is 0.140. The van der Waals surface area contributed by atoms with Gasteiger partial charge < -0.3 is 10.2 Å². The SMILES string of the molecule is Cc1ccccc1.[O-]c1c(Cl)cc(Cl)cc1C=Nc1ccccc1.[O-]c1c(Cl)cc(Cl)cc1C=Nc1ccccc1.[Zn+2]. The summed E-state index contributed by atoms with van der Waals surface area (Å²) >= 11 is 23.1. The summed E-state index contributed by atoms with van der Waals surface area (Å²) in [6, 6.07) is 34.8. The van der Waals surface area contributed by atoms with Gasteiger partial charge in [0.2, 0.25) is 0 Å². The number of hydrogen-bond donors (Lipinski definition) is 0. The molecule has 5 rings (SSSR count). The first-order valence-corrected chi connectivity index (χ1v) is 13.8. The largest absolute Gasteiger partial charge is 2.00 e. The van der Waals surface area contributed by atoms with Crippen LogP contribution in [0.15, 0.2) is 125 Å². The van der Waals surface area contributed by atoms with E-state index >= 15 is 0 Å². The molecule has 0 fully saturated rings. The van der Waals surface area contributed by atoms with Gasteiger partial charge >= 0.3 is 19.5 Å². The molecular formula is C33H24Cl4N2O2Zn. The van der Waals surface area contributed by atoms with Crippen molar-refractivity contribution in [1.82, 2.24) is 0 Å². The first-order chi connectivity index (χ1) is 19.7. The van der Waals surface area contributed by atoms with Crippen molar-refractivity contribution < 1.29 is 29.7 Å². The summed E-state index contributed by atoms with van der Waals surface area (Å²) < 4.78 is 0. The average Bonchev–Trinajstić information content (AvgIpc) is 2.97. The number of halogens is 4. The summed E-state index contributed by atoms with van der Waals surface area (Å²) in [5.41, 5.74) is 3.62. The number of aliphatic imine (C=N–C) groups is 2. The maximum atomic E-state index is 11.7. The molecule has 0 aliphatic rings. The van der Waals surface area contributed by atoms with Crippen LogP contribution < -0.4 is 10.2 Å². The van der Waals surface area contributed by atoms with Gasteiger partial charge in [-0.05, 0) is 66.6 Å². The molecule has 0 atom stereocenters. The molecule has 42 heavy (non-hydrogen) atoms. The van der Waals surface area contributed by atoms with Crippen LogP contribution in [0, 0.1) is 6.92 Å². The summed E-state index contributed by atoms with van der Waals surface area (Å²) in [6.45, 7) is 2.08. The van der Waals surface area contributed by atoms with Crippen LogP contribution in [-0.2, 0) is 19.5 Å². The zero-order chi connectivity index (χ0) is 29.6. The zero-order valence-corrected chi connectivity index (χ0v) is 28.5. The van der Waals surface area contributed by atoms with Crippen molar-refractivity contribution in [2.24, 2.45) is 9.98 Å². The average molecular weight is 688 g/mol. The van der Waals surface area contributed by atoms with Gasteiger partial charge in [0.1, 0.15) is 0 Å². The number of para-hydroxylation sites is 2. The van der Waals surface area contributed by atoms with E-state index in [1.54, 1.807) is 12.1 Å². The first-order valence-electron chi connectivity index (χ1n) is 12.2. The zero-order valence-electron chi connectivity index (χ0n) is 22.6. The van der Waals surface area contributed by atoms with E-state index in [1.165, 1.54) is 30.1 Å². The molecule has 0 aliphatic carbocycles. The molecule has 0 N–H and O–H groups in total. The van der Waals surface area contributed by atoms with E-state index in [1.807, 2.05) is 78.9 Å². The molecule has 5 aromatic rings. The van der Waals surface area contributed by atoms with Crippen molar-refractivity contribution in [3.05, 3.63) is 152 Å². The van der Waals surface area contributed by atoms with Crippen molar-refractivity contribution in [1.29, 1.82) is 0 Å². The minimum atomic E-state index is -0.268. The van der Waals surface area contributed by atoms with Crippen LogP contribution in [0.25, 0.3) is 0 Å². The summed E-state index contributed by atoms with van der Waals surface area (Å²) in [6.07, 6.45) is 2.94. The second kappa shape index (κ2) is 18.4. The summed E-state index contributed by atoms with van der Waals surface area (Å²) in [4.78, 5) is 8.35. The van der Waals surface area contributed by atoms with Crippen LogP contribution in [-0.4, -0.2) is 12.4 Å². The molecule has 4 nitrogen and oxygen atoms in total. The van der Waals surface area contributed by atoms with E-state index in [4.69, 9.17) is 46.4 Å². The standard InChI is InChI=1S/2C13H9Cl2NO.C7H8.Zn/c2*14-10-6-9(13(17)12(15)7-10)8-16-11-4-2-1-3-5-11;1-7-5-3-2-4-6-7;/h2*1-8,17H;2-6H,1H3;/q;;;+2/p-2. The van der Waals surface area contributed by atoms with E-state index in [2.05, 4.69) is 29.0 Å². The van der Waals surface area contributed by atoms with Crippen LogP contribution in [0.1, 0.15) is 16.7 Å². The molecule has 0 heterocycles. The van der Waals surface area contributed by atoms with Crippen LogP contribution in [0.3, 0.4) is 0 Å². The normalized spacial score (nSPS) is 10.3. The van der Waals surface area contributed by atoms with Crippen LogP contribution in [0.4, 0.5) is 11.4 Å². The molecule has 9 heteroatoms. The molecule has 0 aromatic heterocycles. The Balaban J connectivity index is 0.000000235. The van der Waals surface area contributed by atoms with Crippen LogP contribution in [0.2, 0.25) is 20.1 Å². The molecule has 0 unspecified atom stereocenters. The summed E-state index contributed by atoms with van der Waals surface area (Å²) in [5.74, 6) is -0.536. The minimum absolute atomic E-state index is 0. The first kappa shape index (κ1) is 35.0. The van der Waals surface area contributed by atoms with Crippen LogP contribution >= 0.6 is 46.4 Å². The second-order valence-corrected chi connectivity index (χ2v) is 10.1. The van der Waals surface area contributed by atoms with Gasteiger partial charge in [-0.2, -0.15) is 0 Å². The maximum absolute atomic E-state index is 11.7. The Hall–Kier alpha value is -3.18. The Morgan fingerprint density at radius 1 is 0.524 bits per heavy atom. The molecule has 0 spiro atoms. The third-order valence-corrected chi connectivity index (χ3v) is 6.23. The molecule has 0 aliphatic heterocycles. The number of benzene rings is 5. The number of rotatable bonds is 4. The number of nitrogens with zero attached hydrogens (tertiary/aromatic N) is 2. The maximum Gasteiger partial charge on any atom is 2.00 e. The third-order valence-electron chi connectivity index (χ3n) is 5.23. The number of aryl methyl sites for hydroxylation is 1. The van der Waals surface area contributed by atoms with E-state index < -0.39 is 0 Å². The topological polar surface area (TPSA) is 70.8 Å². The Morgan fingerprint density at radius 2 is 0.857 bits per heavy atom. The van der Waals surface area contributed by atoms with Gasteiger partial charge in [-0.1, -0.05) is 130 Å². The monoisotopic (exact) mass is 684 g/mol. The molecule has 0 saturated heterocycles. The second-order valence-electron chi connectivity index (χ2n) is 8.45. The molecule has 208 valence electrons. The Morgan fingerprint density at radius 3 is 1.17 bits per heavy atom. The fourth-order valence-electron chi connectivity index (χ4n) is 3.20. The van der Waals surface area contributed by atoms with E-state index in [9.17, 15) is 10.2 Å². The summed E-state index contributed by atoms with van der Waals surface area (Å²) in [7, 11) is 0. The Labute approximate surface area is 278 Å². The minimum Gasteiger partial charge on any atom is -0.871 e. The molecule has 0 radical (unpaired) electrons. The predicted octanol–water partition coefficient (Wildman–Crippen LogP) is 9.63. The predicted molar refractivity (Wildman–Crippen MR) is 170 cm³/mol. The van der Waals surface area contributed by atoms with Gasteiger partial charge in [-0.25, -0.2) is 0 Å². The smallest absolute Gasteiger partial charge is 0.871 e. The van der Waals surface area contributed by atoms with Gasteiger partial charge in [0.25, 0.3) is 0 Å². The molecular weight excluding hydrogens is 664 g/mol. The van der Waals surface area contributed by atoms with Crippen molar-refractivity contribution in [2.45, 2.75) is 6.92 Å². The fraction of sp³-hybridized carbons (Fsp3) is 0.0303. The third kappa shape index (κ3) is 12.0. The molecule has 0 amide bonds. The number of hydrogen-bond acceptors (Lipinski definition) is 4. The summed E-state index contributed by atoms with van der Waals surface area (Å²) in [5, 5.41) is 24.4. The Bertz CT molecular complexity index is 1500. The van der Waals surface area contributed by atoms with Gasteiger partial charge in [0, 0.05) is 32.5 Å². The van der Waals surface area contributed by atoms with Crippen molar-refractivity contribution >= 4 is 70.2 Å². The van der Waals surface area contributed by atoms with E-state index in [0.717, 1.165) is 11.4 Å². The van der Waals surface area contributed by atoms with Gasteiger partial charge in [0.05, 0.1) is 11.4 Å². The Kier molecular flexibility index (Phi) is 15.3. The molecule has 0 bridgehead atoms. The van der Waals surface area contributed by atoms with Gasteiger partial charge in [0.15, 0.2) is 0 Å². The van der Waals surface area contributed by atoms with E-state index in [-0.39, 0.29) is 41.0 Å². The van der Waals surface area contributed by atoms with Gasteiger partial charge in [-0.15, -0.1) is 0 Å². The molecule has 5 aromatic carbocycles. The van der Waals surface area contributed by atoms with Crippen molar-refractivity contribution in [2.75, 3.05) is 0 Å². The fourth-order valence-corrected chi connectivity index (χ4v) is 4.22. The molecule has 0 saturated carbocycles.